The molecule has 1 fully saturated rings. The highest BCUT2D eigenvalue weighted by Crippen LogP contribution is 2.19. The maximum absolute atomic E-state index is 12.1. The molecule has 3 nitrogen and oxygen atoms in total. The highest BCUT2D eigenvalue weighted by molar-refractivity contribution is 7.98. The van der Waals surface area contributed by atoms with Gasteiger partial charge in [0, 0.05) is 6.04 Å². The SMILES string of the molecule is CSCCC(C)NC(=O)C1(C)CCCCN1. The lowest BCUT2D eigenvalue weighted by molar-refractivity contribution is -0.128. The first kappa shape index (κ1) is 13.8. The summed E-state index contributed by atoms with van der Waals surface area (Å²) in [4.78, 5) is 12.1. The number of carbonyl (C=O) groups is 1. The minimum atomic E-state index is -0.341. The van der Waals surface area contributed by atoms with Gasteiger partial charge in [-0.15, -0.1) is 0 Å². The van der Waals surface area contributed by atoms with Crippen molar-refractivity contribution in [3.05, 3.63) is 0 Å². The van der Waals surface area contributed by atoms with Crippen LogP contribution in [-0.2, 0) is 4.79 Å². The fourth-order valence-electron chi connectivity index (χ4n) is 2.00. The Morgan fingerprint density at radius 2 is 2.31 bits per heavy atom. The van der Waals surface area contributed by atoms with Crippen LogP contribution in [0.4, 0.5) is 0 Å². The van der Waals surface area contributed by atoms with Crippen LogP contribution in [0.3, 0.4) is 0 Å². The minimum Gasteiger partial charge on any atom is -0.352 e. The van der Waals surface area contributed by atoms with E-state index in [2.05, 4.69) is 23.8 Å². The van der Waals surface area contributed by atoms with Gasteiger partial charge >= 0.3 is 0 Å². The molecule has 0 aromatic carbocycles. The second-order valence-electron chi connectivity index (χ2n) is 4.87. The Bertz CT molecular complexity index is 227. The lowest BCUT2D eigenvalue weighted by Gasteiger charge is -2.34. The predicted octanol–water partition coefficient (Wildman–Crippen LogP) is 1.78. The molecule has 1 amide bonds. The van der Waals surface area contributed by atoms with E-state index in [1.165, 1.54) is 6.42 Å². The van der Waals surface area contributed by atoms with E-state index in [-0.39, 0.29) is 17.5 Å². The van der Waals surface area contributed by atoms with Gasteiger partial charge in [-0.2, -0.15) is 11.8 Å². The van der Waals surface area contributed by atoms with Crippen LogP contribution in [0.2, 0.25) is 0 Å². The molecular formula is C12H24N2OS. The molecule has 2 atom stereocenters. The first-order valence-electron chi connectivity index (χ1n) is 6.13. The predicted molar refractivity (Wildman–Crippen MR) is 70.9 cm³/mol. The van der Waals surface area contributed by atoms with Crippen LogP contribution in [0.15, 0.2) is 0 Å². The summed E-state index contributed by atoms with van der Waals surface area (Å²) in [5.74, 6) is 1.27. The highest BCUT2D eigenvalue weighted by atomic mass is 32.2. The van der Waals surface area contributed by atoms with Crippen LogP contribution in [0.25, 0.3) is 0 Å². The molecule has 1 saturated heterocycles. The van der Waals surface area contributed by atoms with Crippen LogP contribution in [0.5, 0.6) is 0 Å². The van der Waals surface area contributed by atoms with Crippen molar-refractivity contribution in [2.75, 3.05) is 18.6 Å². The molecule has 0 bridgehead atoms. The van der Waals surface area contributed by atoms with Gasteiger partial charge in [-0.05, 0) is 58.1 Å². The van der Waals surface area contributed by atoms with E-state index in [0.717, 1.165) is 31.6 Å². The van der Waals surface area contributed by atoms with Crippen molar-refractivity contribution in [2.45, 2.75) is 51.1 Å². The van der Waals surface area contributed by atoms with Gasteiger partial charge in [0.2, 0.25) is 5.91 Å². The number of hydrogen-bond donors (Lipinski definition) is 2. The number of hydrogen-bond acceptors (Lipinski definition) is 3. The maximum atomic E-state index is 12.1. The van der Waals surface area contributed by atoms with E-state index in [0.29, 0.717) is 0 Å². The summed E-state index contributed by atoms with van der Waals surface area (Å²) in [5, 5.41) is 6.45. The van der Waals surface area contributed by atoms with E-state index in [4.69, 9.17) is 0 Å². The zero-order valence-electron chi connectivity index (χ0n) is 10.6. The van der Waals surface area contributed by atoms with Gasteiger partial charge in [-0.25, -0.2) is 0 Å². The molecule has 2 unspecified atom stereocenters. The number of piperidine rings is 1. The Morgan fingerprint density at radius 3 is 2.88 bits per heavy atom. The van der Waals surface area contributed by atoms with Gasteiger partial charge in [0.15, 0.2) is 0 Å². The maximum Gasteiger partial charge on any atom is 0.240 e. The Morgan fingerprint density at radius 1 is 1.56 bits per heavy atom. The largest absolute Gasteiger partial charge is 0.352 e. The smallest absolute Gasteiger partial charge is 0.240 e. The van der Waals surface area contributed by atoms with E-state index in [9.17, 15) is 4.79 Å². The molecule has 1 rings (SSSR count). The third-order valence-electron chi connectivity index (χ3n) is 3.25. The molecule has 1 aliphatic heterocycles. The summed E-state index contributed by atoms with van der Waals surface area (Å²) in [5.41, 5.74) is -0.341. The Kier molecular flexibility index (Phi) is 5.62. The monoisotopic (exact) mass is 244 g/mol. The summed E-state index contributed by atoms with van der Waals surface area (Å²) in [7, 11) is 0. The molecule has 4 heteroatoms. The van der Waals surface area contributed by atoms with Crippen molar-refractivity contribution < 1.29 is 4.79 Å². The van der Waals surface area contributed by atoms with Gasteiger partial charge in [0.1, 0.15) is 0 Å². The van der Waals surface area contributed by atoms with Crippen molar-refractivity contribution in [3.63, 3.8) is 0 Å². The van der Waals surface area contributed by atoms with Crippen molar-refractivity contribution in [1.29, 1.82) is 0 Å². The third-order valence-corrected chi connectivity index (χ3v) is 3.90. The fourth-order valence-corrected chi connectivity index (χ4v) is 2.59. The zero-order chi connectivity index (χ0) is 12.0. The highest BCUT2D eigenvalue weighted by Gasteiger charge is 2.34. The van der Waals surface area contributed by atoms with Crippen LogP contribution < -0.4 is 10.6 Å². The average Bonchev–Trinajstić information content (AvgIpc) is 2.27. The quantitative estimate of drug-likeness (QED) is 0.774. The second kappa shape index (κ2) is 6.50. The molecule has 0 aromatic rings. The minimum absolute atomic E-state index is 0.167. The second-order valence-corrected chi connectivity index (χ2v) is 5.86. The molecule has 16 heavy (non-hydrogen) atoms. The van der Waals surface area contributed by atoms with Gasteiger partial charge in [-0.3, -0.25) is 4.79 Å². The van der Waals surface area contributed by atoms with E-state index in [1.54, 1.807) is 0 Å². The fraction of sp³-hybridized carbons (Fsp3) is 0.917. The number of carbonyl (C=O) groups excluding carboxylic acids is 1. The van der Waals surface area contributed by atoms with Crippen LogP contribution >= 0.6 is 11.8 Å². The van der Waals surface area contributed by atoms with E-state index < -0.39 is 0 Å². The summed E-state index contributed by atoms with van der Waals surface area (Å²) in [6.45, 7) is 5.06. The van der Waals surface area contributed by atoms with E-state index in [1.807, 2.05) is 18.7 Å². The summed E-state index contributed by atoms with van der Waals surface area (Å²) < 4.78 is 0. The van der Waals surface area contributed by atoms with Crippen molar-refractivity contribution in [3.8, 4) is 0 Å². The molecule has 0 spiro atoms. The van der Waals surface area contributed by atoms with Gasteiger partial charge in [0.05, 0.1) is 5.54 Å². The van der Waals surface area contributed by atoms with Gasteiger partial charge in [-0.1, -0.05) is 0 Å². The Labute approximate surface area is 103 Å². The summed E-state index contributed by atoms with van der Waals surface area (Å²) in [6.07, 6.45) is 6.43. The Balaban J connectivity index is 2.38. The molecule has 0 saturated carbocycles. The van der Waals surface area contributed by atoms with Gasteiger partial charge in [0.25, 0.3) is 0 Å². The van der Waals surface area contributed by atoms with Gasteiger partial charge < -0.3 is 10.6 Å². The van der Waals surface area contributed by atoms with Crippen LogP contribution in [0, 0.1) is 0 Å². The first-order chi connectivity index (χ1) is 7.58. The van der Waals surface area contributed by atoms with E-state index >= 15 is 0 Å². The first-order valence-corrected chi connectivity index (χ1v) is 7.53. The van der Waals surface area contributed by atoms with Crippen LogP contribution in [0.1, 0.15) is 39.5 Å². The molecule has 0 aliphatic carbocycles. The molecule has 94 valence electrons. The lowest BCUT2D eigenvalue weighted by Crippen LogP contribution is -2.58. The molecule has 0 aromatic heterocycles. The third kappa shape index (κ3) is 3.98. The molecule has 1 heterocycles. The number of rotatable bonds is 5. The topological polar surface area (TPSA) is 41.1 Å². The Hall–Kier alpha value is -0.220. The lowest BCUT2D eigenvalue weighted by atomic mass is 9.90. The zero-order valence-corrected chi connectivity index (χ0v) is 11.5. The van der Waals surface area contributed by atoms with Crippen LogP contribution in [-0.4, -0.2) is 36.0 Å². The summed E-state index contributed by atoms with van der Waals surface area (Å²) >= 11 is 1.82. The normalized spacial score (nSPS) is 27.4. The summed E-state index contributed by atoms with van der Waals surface area (Å²) in [6, 6.07) is 0.278. The molecular weight excluding hydrogens is 220 g/mol. The van der Waals surface area contributed by atoms with Crippen molar-refractivity contribution >= 4 is 17.7 Å². The van der Waals surface area contributed by atoms with Crippen molar-refractivity contribution in [2.24, 2.45) is 0 Å². The number of nitrogens with one attached hydrogen (secondary N) is 2. The number of amides is 1. The number of thioether (sulfide) groups is 1. The molecule has 1 aliphatic rings. The molecule has 2 N–H and O–H groups in total. The van der Waals surface area contributed by atoms with Crippen molar-refractivity contribution in [1.82, 2.24) is 10.6 Å². The standard InChI is InChI=1S/C12H24N2OS/c1-10(6-9-16-3)14-11(15)12(2)7-4-5-8-13-12/h10,13H,4-9H2,1-3H3,(H,14,15). The molecule has 0 radical (unpaired) electrons. The average molecular weight is 244 g/mol.